The van der Waals surface area contributed by atoms with Crippen molar-refractivity contribution in [1.29, 1.82) is 0 Å². The Morgan fingerprint density at radius 3 is 2.89 bits per heavy atom. The predicted molar refractivity (Wildman–Crippen MR) is 78.0 cm³/mol. The van der Waals surface area contributed by atoms with Crippen LogP contribution in [0.25, 0.3) is 0 Å². The van der Waals surface area contributed by atoms with Crippen molar-refractivity contribution in [2.45, 2.75) is 18.9 Å². The van der Waals surface area contributed by atoms with Crippen LogP contribution in [0, 0.1) is 9.39 Å². The van der Waals surface area contributed by atoms with Crippen molar-refractivity contribution >= 4 is 39.9 Å². The Hall–Kier alpha value is -1.05. The summed E-state index contributed by atoms with van der Waals surface area (Å²) in [6, 6.07) is 3.26. The molecular weight excluding hydrogens is 348 g/mol. The van der Waals surface area contributed by atoms with Crippen LogP contribution < -0.4 is 16.0 Å². The molecule has 0 aromatic heterocycles. The number of hydrogen-bond acceptors (Lipinski definition) is 3. The van der Waals surface area contributed by atoms with Crippen LogP contribution in [-0.2, 0) is 4.79 Å². The number of nitrogens with one attached hydrogen (secondary N) is 1. The van der Waals surface area contributed by atoms with Crippen molar-refractivity contribution in [2.24, 2.45) is 0 Å². The molecule has 1 aromatic rings. The number of halogens is 2. The molecule has 0 radical (unpaired) electrons. The maximum absolute atomic E-state index is 13.5. The Bertz CT molecular complexity index is 477. The smallest absolute Gasteiger partial charge is 0.239 e. The summed E-state index contributed by atoms with van der Waals surface area (Å²) in [5.41, 5.74) is 6.85. The number of likely N-dealkylation sites (N-methyl/N-ethyl adjacent to an activating group) is 1. The molecule has 1 aliphatic rings. The third kappa shape index (κ3) is 3.24. The van der Waals surface area contributed by atoms with Gasteiger partial charge < -0.3 is 16.0 Å². The monoisotopic (exact) mass is 363 g/mol. The fourth-order valence-electron chi connectivity index (χ4n) is 1.68. The molecule has 1 saturated carbocycles. The van der Waals surface area contributed by atoms with Gasteiger partial charge in [-0.25, -0.2) is 4.39 Å². The van der Waals surface area contributed by atoms with Gasteiger partial charge in [0.25, 0.3) is 0 Å². The maximum atomic E-state index is 13.5. The molecule has 0 heterocycles. The first-order valence-corrected chi connectivity index (χ1v) is 6.80. The number of hydrogen-bond donors (Lipinski definition) is 2. The van der Waals surface area contributed by atoms with Gasteiger partial charge in [0, 0.05) is 19.2 Å². The SMILES string of the molecule is CN(CC(=O)NC1CC1)c1cc(F)c(I)cc1N. The standard InChI is InChI=1S/C12H15FIN3O/c1-17(6-12(18)16-7-2-3-7)11-4-8(13)9(14)5-10(11)15/h4-5,7H,2-3,6,15H2,1H3,(H,16,18). The van der Waals surface area contributed by atoms with E-state index in [0.29, 0.717) is 21.0 Å². The van der Waals surface area contributed by atoms with Crippen molar-refractivity contribution in [2.75, 3.05) is 24.2 Å². The molecule has 0 bridgehead atoms. The quantitative estimate of drug-likeness (QED) is 0.633. The van der Waals surface area contributed by atoms with Gasteiger partial charge in [-0.05, 0) is 41.5 Å². The van der Waals surface area contributed by atoms with Crippen LogP contribution in [0.15, 0.2) is 12.1 Å². The first-order valence-electron chi connectivity index (χ1n) is 5.72. The Kier molecular flexibility index (Phi) is 3.94. The summed E-state index contributed by atoms with van der Waals surface area (Å²) in [5.74, 6) is -0.382. The molecule has 0 spiro atoms. The van der Waals surface area contributed by atoms with E-state index in [1.54, 1.807) is 18.0 Å². The number of rotatable bonds is 4. The molecule has 0 aliphatic heterocycles. The van der Waals surface area contributed by atoms with Gasteiger partial charge in [-0.15, -0.1) is 0 Å². The molecule has 98 valence electrons. The average molecular weight is 363 g/mol. The molecule has 1 aromatic carbocycles. The highest BCUT2D eigenvalue weighted by molar-refractivity contribution is 14.1. The lowest BCUT2D eigenvalue weighted by Gasteiger charge is -2.21. The van der Waals surface area contributed by atoms with E-state index in [-0.39, 0.29) is 18.3 Å². The van der Waals surface area contributed by atoms with Gasteiger partial charge >= 0.3 is 0 Å². The predicted octanol–water partition coefficient (Wildman–Crippen LogP) is 1.73. The van der Waals surface area contributed by atoms with E-state index in [2.05, 4.69) is 5.32 Å². The van der Waals surface area contributed by atoms with Gasteiger partial charge in [0.15, 0.2) is 0 Å². The Morgan fingerprint density at radius 2 is 2.28 bits per heavy atom. The topological polar surface area (TPSA) is 58.4 Å². The van der Waals surface area contributed by atoms with Crippen LogP contribution in [0.4, 0.5) is 15.8 Å². The molecule has 0 saturated heterocycles. The number of nitrogens with zero attached hydrogens (tertiary/aromatic N) is 1. The van der Waals surface area contributed by atoms with E-state index >= 15 is 0 Å². The van der Waals surface area contributed by atoms with Crippen LogP contribution in [0.3, 0.4) is 0 Å². The summed E-state index contributed by atoms with van der Waals surface area (Å²) in [7, 11) is 1.73. The van der Waals surface area contributed by atoms with Crippen molar-refractivity contribution < 1.29 is 9.18 Å². The summed E-state index contributed by atoms with van der Waals surface area (Å²) >= 11 is 1.89. The second-order valence-electron chi connectivity index (χ2n) is 4.52. The molecule has 6 heteroatoms. The first kappa shape index (κ1) is 13.4. The van der Waals surface area contributed by atoms with E-state index in [9.17, 15) is 9.18 Å². The van der Waals surface area contributed by atoms with Gasteiger partial charge in [-0.2, -0.15) is 0 Å². The molecule has 2 rings (SSSR count). The second-order valence-corrected chi connectivity index (χ2v) is 5.69. The molecule has 0 atom stereocenters. The molecule has 0 unspecified atom stereocenters. The third-order valence-electron chi connectivity index (χ3n) is 2.80. The summed E-state index contributed by atoms with van der Waals surface area (Å²) in [6.07, 6.45) is 2.10. The van der Waals surface area contributed by atoms with Crippen molar-refractivity contribution in [3.05, 3.63) is 21.5 Å². The summed E-state index contributed by atoms with van der Waals surface area (Å²) < 4.78 is 14.0. The lowest BCUT2D eigenvalue weighted by molar-refractivity contribution is -0.119. The molecule has 1 amide bonds. The van der Waals surface area contributed by atoms with Crippen LogP contribution in [0.5, 0.6) is 0 Å². The van der Waals surface area contributed by atoms with Crippen molar-refractivity contribution in [1.82, 2.24) is 5.32 Å². The van der Waals surface area contributed by atoms with Gasteiger partial charge in [0.05, 0.1) is 21.5 Å². The normalized spacial score (nSPS) is 14.4. The van der Waals surface area contributed by atoms with Gasteiger partial charge in [-0.1, -0.05) is 0 Å². The van der Waals surface area contributed by atoms with Gasteiger partial charge in [-0.3, -0.25) is 4.79 Å². The number of anilines is 2. The lowest BCUT2D eigenvalue weighted by Crippen LogP contribution is -2.36. The van der Waals surface area contributed by atoms with Gasteiger partial charge in [0.1, 0.15) is 5.82 Å². The Balaban J connectivity index is 2.05. The second kappa shape index (κ2) is 5.29. The Morgan fingerprint density at radius 1 is 1.61 bits per heavy atom. The maximum Gasteiger partial charge on any atom is 0.239 e. The number of nitrogen functional groups attached to an aromatic ring is 1. The molecular formula is C12H15FIN3O. The highest BCUT2D eigenvalue weighted by atomic mass is 127. The number of amides is 1. The van der Waals surface area contributed by atoms with Crippen molar-refractivity contribution in [3.8, 4) is 0 Å². The first-order chi connectivity index (χ1) is 8.47. The molecule has 3 N–H and O–H groups in total. The fraction of sp³-hybridized carbons (Fsp3) is 0.417. The zero-order valence-electron chi connectivity index (χ0n) is 10.0. The Labute approximate surface area is 119 Å². The lowest BCUT2D eigenvalue weighted by atomic mass is 10.2. The highest BCUT2D eigenvalue weighted by Gasteiger charge is 2.23. The summed E-state index contributed by atoms with van der Waals surface area (Å²) in [5, 5.41) is 2.88. The van der Waals surface area contributed by atoms with E-state index in [0.717, 1.165) is 12.8 Å². The minimum absolute atomic E-state index is 0.0571. The van der Waals surface area contributed by atoms with E-state index in [4.69, 9.17) is 5.73 Å². The molecule has 18 heavy (non-hydrogen) atoms. The van der Waals surface area contributed by atoms with E-state index in [1.807, 2.05) is 22.6 Å². The fourth-order valence-corrected chi connectivity index (χ4v) is 2.18. The van der Waals surface area contributed by atoms with Gasteiger partial charge in [0.2, 0.25) is 5.91 Å². The minimum atomic E-state index is -0.325. The third-order valence-corrected chi connectivity index (χ3v) is 3.63. The average Bonchev–Trinajstić information content (AvgIpc) is 3.06. The number of carbonyl (C=O) groups excluding carboxylic acids is 1. The van der Waals surface area contributed by atoms with E-state index < -0.39 is 0 Å². The van der Waals surface area contributed by atoms with Crippen LogP contribution in [-0.4, -0.2) is 25.5 Å². The van der Waals surface area contributed by atoms with Crippen molar-refractivity contribution in [3.63, 3.8) is 0 Å². The number of benzene rings is 1. The van der Waals surface area contributed by atoms with Crippen LogP contribution >= 0.6 is 22.6 Å². The molecule has 1 aliphatic carbocycles. The summed E-state index contributed by atoms with van der Waals surface area (Å²) in [6.45, 7) is 0.181. The van der Waals surface area contributed by atoms with Crippen LogP contribution in [0.1, 0.15) is 12.8 Å². The largest absolute Gasteiger partial charge is 0.397 e. The summed E-state index contributed by atoms with van der Waals surface area (Å²) in [4.78, 5) is 13.3. The van der Waals surface area contributed by atoms with E-state index in [1.165, 1.54) is 6.07 Å². The minimum Gasteiger partial charge on any atom is -0.397 e. The zero-order chi connectivity index (χ0) is 13.3. The number of carbonyl (C=O) groups is 1. The number of nitrogens with two attached hydrogens (primary N) is 1. The zero-order valence-corrected chi connectivity index (χ0v) is 12.2. The molecule has 4 nitrogen and oxygen atoms in total. The van der Waals surface area contributed by atoms with Crippen LogP contribution in [0.2, 0.25) is 0 Å². The molecule has 1 fully saturated rings. The highest BCUT2D eigenvalue weighted by Crippen LogP contribution is 2.26.